The fraction of sp³-hybridized carbons (Fsp3) is 0.929. The van der Waals surface area contributed by atoms with Gasteiger partial charge in [0.1, 0.15) is 0 Å². The molecule has 1 atom stereocenters. The molecule has 2 heterocycles. The molecule has 2 aliphatic rings. The summed E-state index contributed by atoms with van der Waals surface area (Å²) in [6.07, 6.45) is 0. The van der Waals surface area contributed by atoms with Gasteiger partial charge in [-0.3, -0.25) is 14.6 Å². The number of hydrogen-bond donors (Lipinski definition) is 2. The average molecular weight is 268 g/mol. The van der Waals surface area contributed by atoms with Crippen LogP contribution in [0.15, 0.2) is 0 Å². The zero-order valence-corrected chi connectivity index (χ0v) is 12.7. The van der Waals surface area contributed by atoms with E-state index in [1.165, 1.54) is 0 Å². The third-order valence-electron chi connectivity index (χ3n) is 3.98. The van der Waals surface area contributed by atoms with Crippen molar-refractivity contribution in [2.24, 2.45) is 0 Å². The Kier molecular flexibility index (Phi) is 4.48. The van der Waals surface area contributed by atoms with Gasteiger partial charge in [-0.1, -0.05) is 0 Å². The van der Waals surface area contributed by atoms with Crippen LogP contribution in [0.3, 0.4) is 0 Å². The number of carbonyl (C=O) groups is 1. The molecule has 0 radical (unpaired) electrons. The Balaban J connectivity index is 1.74. The van der Waals surface area contributed by atoms with Gasteiger partial charge in [-0.2, -0.15) is 0 Å². The molecule has 2 rings (SSSR count). The Labute approximate surface area is 116 Å². The van der Waals surface area contributed by atoms with Crippen LogP contribution in [0.25, 0.3) is 0 Å². The molecule has 2 saturated heterocycles. The zero-order valence-electron chi connectivity index (χ0n) is 12.7. The van der Waals surface area contributed by atoms with Gasteiger partial charge in [0.05, 0.1) is 6.04 Å². The Morgan fingerprint density at radius 2 is 1.84 bits per heavy atom. The SMILES string of the molecule is CC(C(=O)NC(C)(C)C)N1CC(N2CCNCC2)C1. The molecule has 110 valence electrons. The molecule has 5 heteroatoms. The number of likely N-dealkylation sites (tertiary alicyclic amines) is 1. The molecule has 0 aliphatic carbocycles. The largest absolute Gasteiger partial charge is 0.350 e. The van der Waals surface area contributed by atoms with Crippen LogP contribution in [0.1, 0.15) is 27.7 Å². The van der Waals surface area contributed by atoms with Crippen LogP contribution < -0.4 is 10.6 Å². The lowest BCUT2D eigenvalue weighted by molar-refractivity contribution is -0.130. The lowest BCUT2D eigenvalue weighted by Gasteiger charge is -2.49. The fourth-order valence-electron chi connectivity index (χ4n) is 2.72. The molecule has 2 aliphatic heterocycles. The van der Waals surface area contributed by atoms with E-state index in [1.54, 1.807) is 0 Å². The highest BCUT2D eigenvalue weighted by atomic mass is 16.2. The molecule has 0 aromatic carbocycles. The summed E-state index contributed by atoms with van der Waals surface area (Å²) in [5.74, 6) is 0.145. The van der Waals surface area contributed by atoms with Crippen LogP contribution in [0.5, 0.6) is 0 Å². The first-order valence-electron chi connectivity index (χ1n) is 7.38. The normalized spacial score (nSPS) is 24.8. The van der Waals surface area contributed by atoms with Crippen LogP contribution in [0.2, 0.25) is 0 Å². The molecule has 0 aromatic rings. The third-order valence-corrected chi connectivity index (χ3v) is 3.98. The third kappa shape index (κ3) is 3.91. The Morgan fingerprint density at radius 1 is 1.26 bits per heavy atom. The standard InChI is InChI=1S/C14H28N4O/c1-11(13(19)16-14(2,3)4)18-9-12(10-18)17-7-5-15-6-8-17/h11-12,15H,5-10H2,1-4H3,(H,16,19). The van der Waals surface area contributed by atoms with E-state index in [-0.39, 0.29) is 17.5 Å². The summed E-state index contributed by atoms with van der Waals surface area (Å²) in [5, 5.41) is 6.43. The van der Waals surface area contributed by atoms with Gasteiger partial charge in [-0.25, -0.2) is 0 Å². The highest BCUT2D eigenvalue weighted by Gasteiger charge is 2.37. The summed E-state index contributed by atoms with van der Waals surface area (Å²) in [7, 11) is 0. The molecule has 2 fully saturated rings. The molecule has 2 N–H and O–H groups in total. The summed E-state index contributed by atoms with van der Waals surface area (Å²) in [6.45, 7) is 14.6. The van der Waals surface area contributed by atoms with Crippen molar-refractivity contribution in [3.63, 3.8) is 0 Å². The number of rotatable bonds is 3. The summed E-state index contributed by atoms with van der Waals surface area (Å²) in [4.78, 5) is 16.9. The molecule has 0 spiro atoms. The van der Waals surface area contributed by atoms with Crippen LogP contribution in [0, 0.1) is 0 Å². The Bertz CT molecular complexity index is 314. The van der Waals surface area contributed by atoms with E-state index in [0.29, 0.717) is 6.04 Å². The quantitative estimate of drug-likeness (QED) is 0.749. The Morgan fingerprint density at radius 3 is 2.37 bits per heavy atom. The van der Waals surface area contributed by atoms with Crippen molar-refractivity contribution in [3.05, 3.63) is 0 Å². The van der Waals surface area contributed by atoms with E-state index in [0.717, 1.165) is 39.3 Å². The maximum absolute atomic E-state index is 12.1. The highest BCUT2D eigenvalue weighted by Crippen LogP contribution is 2.18. The first-order valence-corrected chi connectivity index (χ1v) is 7.38. The van der Waals surface area contributed by atoms with Crippen molar-refractivity contribution in [2.45, 2.75) is 45.3 Å². The molecular weight excluding hydrogens is 240 g/mol. The molecular formula is C14H28N4O. The van der Waals surface area contributed by atoms with Gasteiger partial charge in [0.2, 0.25) is 5.91 Å². The second kappa shape index (κ2) is 5.77. The number of piperazine rings is 1. The molecule has 0 bridgehead atoms. The number of hydrogen-bond acceptors (Lipinski definition) is 4. The predicted molar refractivity (Wildman–Crippen MR) is 77.2 cm³/mol. The van der Waals surface area contributed by atoms with Crippen LogP contribution in [-0.2, 0) is 4.79 Å². The van der Waals surface area contributed by atoms with Crippen molar-refractivity contribution in [1.82, 2.24) is 20.4 Å². The first kappa shape index (κ1) is 14.8. The van der Waals surface area contributed by atoms with Crippen LogP contribution in [0.4, 0.5) is 0 Å². The molecule has 1 unspecified atom stereocenters. The van der Waals surface area contributed by atoms with Gasteiger partial charge >= 0.3 is 0 Å². The van der Waals surface area contributed by atoms with E-state index in [4.69, 9.17) is 0 Å². The molecule has 0 saturated carbocycles. The van der Waals surface area contributed by atoms with Crippen LogP contribution >= 0.6 is 0 Å². The average Bonchev–Trinajstić information content (AvgIpc) is 2.26. The minimum Gasteiger partial charge on any atom is -0.350 e. The lowest BCUT2D eigenvalue weighted by Crippen LogP contribution is -2.66. The number of nitrogens with zero attached hydrogens (tertiary/aromatic N) is 2. The minimum atomic E-state index is -0.145. The maximum Gasteiger partial charge on any atom is 0.237 e. The van der Waals surface area contributed by atoms with Gasteiger partial charge in [0, 0.05) is 50.8 Å². The zero-order chi connectivity index (χ0) is 14.0. The second-order valence-electron chi connectivity index (χ2n) is 6.81. The molecule has 19 heavy (non-hydrogen) atoms. The fourth-order valence-corrected chi connectivity index (χ4v) is 2.72. The van der Waals surface area contributed by atoms with Gasteiger partial charge in [-0.15, -0.1) is 0 Å². The smallest absolute Gasteiger partial charge is 0.237 e. The number of nitrogens with one attached hydrogen (secondary N) is 2. The summed E-state index contributed by atoms with van der Waals surface area (Å²) >= 11 is 0. The van der Waals surface area contributed by atoms with E-state index >= 15 is 0 Å². The van der Waals surface area contributed by atoms with Crippen molar-refractivity contribution < 1.29 is 4.79 Å². The number of amides is 1. The lowest BCUT2D eigenvalue weighted by atomic mass is 10.0. The van der Waals surface area contributed by atoms with Crippen molar-refractivity contribution in [2.75, 3.05) is 39.3 Å². The van der Waals surface area contributed by atoms with E-state index in [1.807, 2.05) is 27.7 Å². The van der Waals surface area contributed by atoms with E-state index in [2.05, 4.69) is 20.4 Å². The van der Waals surface area contributed by atoms with Gasteiger partial charge in [0.15, 0.2) is 0 Å². The van der Waals surface area contributed by atoms with Gasteiger partial charge < -0.3 is 10.6 Å². The van der Waals surface area contributed by atoms with Crippen molar-refractivity contribution in [3.8, 4) is 0 Å². The minimum absolute atomic E-state index is 0.0154. The summed E-state index contributed by atoms with van der Waals surface area (Å²) < 4.78 is 0. The molecule has 0 aromatic heterocycles. The van der Waals surface area contributed by atoms with Gasteiger partial charge in [-0.05, 0) is 27.7 Å². The summed E-state index contributed by atoms with van der Waals surface area (Å²) in [5.41, 5.74) is -0.145. The second-order valence-corrected chi connectivity index (χ2v) is 6.81. The number of carbonyl (C=O) groups excluding carboxylic acids is 1. The van der Waals surface area contributed by atoms with Crippen molar-refractivity contribution in [1.29, 1.82) is 0 Å². The predicted octanol–water partition coefficient (Wildman–Crippen LogP) is -0.121. The molecule has 5 nitrogen and oxygen atoms in total. The monoisotopic (exact) mass is 268 g/mol. The highest BCUT2D eigenvalue weighted by molar-refractivity contribution is 5.82. The first-order chi connectivity index (χ1) is 8.87. The topological polar surface area (TPSA) is 47.6 Å². The maximum atomic E-state index is 12.1. The van der Waals surface area contributed by atoms with Crippen molar-refractivity contribution >= 4 is 5.91 Å². The summed E-state index contributed by atoms with van der Waals surface area (Å²) in [6, 6.07) is 0.630. The van der Waals surface area contributed by atoms with E-state index < -0.39 is 0 Å². The van der Waals surface area contributed by atoms with Crippen LogP contribution in [-0.4, -0.2) is 72.6 Å². The Hall–Kier alpha value is -0.650. The molecule has 1 amide bonds. The van der Waals surface area contributed by atoms with Gasteiger partial charge in [0.25, 0.3) is 0 Å². The van der Waals surface area contributed by atoms with E-state index in [9.17, 15) is 4.79 Å².